The van der Waals surface area contributed by atoms with Gasteiger partial charge in [0.1, 0.15) is 22.1 Å². The molecule has 0 atom stereocenters. The standard InChI is InChI=1S/C19H20ClN3O2S/c1-4-23(5-2)16-14-12(3)15(26-17(14)22-19(20)21-16)18(24)25-11-13-9-7-6-8-10-13/h6-10H,4-5,11H2,1-3H3. The van der Waals surface area contributed by atoms with E-state index in [0.29, 0.717) is 9.71 Å². The van der Waals surface area contributed by atoms with Gasteiger partial charge in [-0.15, -0.1) is 11.3 Å². The van der Waals surface area contributed by atoms with Crippen molar-refractivity contribution in [2.75, 3.05) is 18.0 Å². The molecule has 136 valence electrons. The number of aryl methyl sites for hydroxylation is 1. The number of anilines is 1. The van der Waals surface area contributed by atoms with Gasteiger partial charge in [0.05, 0.1) is 5.39 Å². The van der Waals surface area contributed by atoms with E-state index in [1.165, 1.54) is 11.3 Å². The zero-order valence-corrected chi connectivity index (χ0v) is 16.5. The highest BCUT2D eigenvalue weighted by atomic mass is 35.5. The van der Waals surface area contributed by atoms with Gasteiger partial charge in [-0.3, -0.25) is 0 Å². The Morgan fingerprint density at radius 3 is 2.54 bits per heavy atom. The van der Waals surface area contributed by atoms with Crippen LogP contribution >= 0.6 is 22.9 Å². The molecule has 1 aromatic carbocycles. The minimum Gasteiger partial charge on any atom is -0.457 e. The second kappa shape index (κ2) is 8.01. The van der Waals surface area contributed by atoms with Crippen LogP contribution in [0.2, 0.25) is 5.28 Å². The maximum atomic E-state index is 12.6. The number of ether oxygens (including phenoxy) is 1. The Labute approximate surface area is 161 Å². The van der Waals surface area contributed by atoms with E-state index < -0.39 is 0 Å². The molecule has 0 N–H and O–H groups in total. The second-order valence-corrected chi connectivity index (χ2v) is 7.12. The van der Waals surface area contributed by atoms with E-state index in [1.54, 1.807) is 0 Å². The van der Waals surface area contributed by atoms with Gasteiger partial charge >= 0.3 is 5.97 Å². The molecule has 0 spiro atoms. The van der Waals surface area contributed by atoms with Crippen LogP contribution < -0.4 is 4.90 Å². The Morgan fingerprint density at radius 1 is 1.19 bits per heavy atom. The van der Waals surface area contributed by atoms with E-state index in [1.807, 2.05) is 37.3 Å². The van der Waals surface area contributed by atoms with E-state index in [0.717, 1.165) is 35.4 Å². The molecule has 0 radical (unpaired) electrons. The van der Waals surface area contributed by atoms with Crippen LogP contribution in [0.3, 0.4) is 0 Å². The first kappa shape index (κ1) is 18.6. The molecule has 0 aliphatic carbocycles. The van der Waals surface area contributed by atoms with Crippen molar-refractivity contribution in [1.82, 2.24) is 9.97 Å². The van der Waals surface area contributed by atoms with Gasteiger partial charge in [-0.1, -0.05) is 30.3 Å². The van der Waals surface area contributed by atoms with E-state index in [4.69, 9.17) is 16.3 Å². The summed E-state index contributed by atoms with van der Waals surface area (Å²) in [5, 5.41) is 1.06. The maximum absolute atomic E-state index is 12.6. The monoisotopic (exact) mass is 389 g/mol. The van der Waals surface area contributed by atoms with Gasteiger partial charge in [0.25, 0.3) is 0 Å². The number of thiophene rings is 1. The highest BCUT2D eigenvalue weighted by molar-refractivity contribution is 7.20. The number of esters is 1. The largest absolute Gasteiger partial charge is 0.457 e. The van der Waals surface area contributed by atoms with Crippen molar-refractivity contribution in [3.63, 3.8) is 0 Å². The van der Waals surface area contributed by atoms with E-state index >= 15 is 0 Å². The summed E-state index contributed by atoms with van der Waals surface area (Å²) in [4.78, 5) is 24.7. The Bertz CT molecular complexity index is 923. The Hall–Kier alpha value is -2.18. The number of hydrogen-bond acceptors (Lipinski definition) is 6. The molecule has 0 unspecified atom stereocenters. The zero-order valence-electron chi connectivity index (χ0n) is 15.0. The van der Waals surface area contributed by atoms with Crippen molar-refractivity contribution in [3.05, 3.63) is 51.6 Å². The summed E-state index contributed by atoms with van der Waals surface area (Å²) >= 11 is 7.40. The van der Waals surface area contributed by atoms with Gasteiger partial charge in [-0.05, 0) is 43.5 Å². The average molecular weight is 390 g/mol. The highest BCUT2D eigenvalue weighted by Crippen LogP contribution is 2.36. The zero-order chi connectivity index (χ0) is 18.7. The SMILES string of the molecule is CCN(CC)c1nc(Cl)nc2sc(C(=O)OCc3ccccc3)c(C)c12. The lowest BCUT2D eigenvalue weighted by Gasteiger charge is -2.20. The third-order valence-corrected chi connectivity index (χ3v) is 5.54. The van der Waals surface area contributed by atoms with E-state index in [9.17, 15) is 4.79 Å². The van der Waals surface area contributed by atoms with Gasteiger partial charge in [0.15, 0.2) is 0 Å². The summed E-state index contributed by atoms with van der Waals surface area (Å²) < 4.78 is 5.48. The van der Waals surface area contributed by atoms with Crippen molar-refractivity contribution in [2.45, 2.75) is 27.4 Å². The topological polar surface area (TPSA) is 55.3 Å². The fourth-order valence-corrected chi connectivity index (χ4v) is 4.11. The number of rotatable bonds is 6. The first-order valence-corrected chi connectivity index (χ1v) is 9.67. The fourth-order valence-electron chi connectivity index (χ4n) is 2.83. The Kier molecular flexibility index (Phi) is 5.74. The molecular formula is C19H20ClN3O2S. The van der Waals surface area contributed by atoms with Gasteiger partial charge in [0.2, 0.25) is 5.28 Å². The molecule has 0 bridgehead atoms. The van der Waals surface area contributed by atoms with Crippen LogP contribution in [0.5, 0.6) is 0 Å². The van der Waals surface area contributed by atoms with Crippen LogP contribution in [0.15, 0.2) is 30.3 Å². The molecule has 0 amide bonds. The fraction of sp³-hybridized carbons (Fsp3) is 0.316. The summed E-state index contributed by atoms with van der Waals surface area (Å²) in [6.45, 7) is 7.85. The van der Waals surface area contributed by atoms with Crippen molar-refractivity contribution in [3.8, 4) is 0 Å². The van der Waals surface area contributed by atoms with Crippen LogP contribution in [-0.4, -0.2) is 29.0 Å². The number of nitrogens with zero attached hydrogens (tertiary/aromatic N) is 3. The van der Waals surface area contributed by atoms with Crippen LogP contribution in [0.25, 0.3) is 10.2 Å². The van der Waals surface area contributed by atoms with Gasteiger partial charge in [-0.25, -0.2) is 9.78 Å². The number of aromatic nitrogens is 2. The van der Waals surface area contributed by atoms with Gasteiger partial charge in [0, 0.05) is 13.1 Å². The summed E-state index contributed by atoms with van der Waals surface area (Å²) in [6.07, 6.45) is 0. The van der Waals surface area contributed by atoms with Crippen LogP contribution in [-0.2, 0) is 11.3 Å². The van der Waals surface area contributed by atoms with E-state index in [-0.39, 0.29) is 17.9 Å². The number of fused-ring (bicyclic) bond motifs is 1. The minimum atomic E-state index is -0.351. The van der Waals surface area contributed by atoms with Crippen LogP contribution in [0, 0.1) is 6.92 Å². The predicted octanol–water partition coefficient (Wildman–Crippen LogP) is 4.86. The lowest BCUT2D eigenvalue weighted by Crippen LogP contribution is -2.23. The molecule has 0 aliphatic heterocycles. The van der Waals surface area contributed by atoms with Crippen molar-refractivity contribution >= 4 is 44.9 Å². The predicted molar refractivity (Wildman–Crippen MR) is 106 cm³/mol. The van der Waals surface area contributed by atoms with Crippen molar-refractivity contribution < 1.29 is 9.53 Å². The number of carbonyl (C=O) groups excluding carboxylic acids is 1. The molecule has 0 aliphatic rings. The molecule has 3 aromatic rings. The second-order valence-electron chi connectivity index (χ2n) is 5.79. The van der Waals surface area contributed by atoms with Crippen LogP contribution in [0.1, 0.15) is 34.6 Å². The third-order valence-electron chi connectivity index (χ3n) is 4.20. The van der Waals surface area contributed by atoms with E-state index in [2.05, 4.69) is 28.7 Å². The normalized spacial score (nSPS) is 10.9. The number of carbonyl (C=O) groups is 1. The summed E-state index contributed by atoms with van der Waals surface area (Å²) in [5.41, 5.74) is 1.79. The summed E-state index contributed by atoms with van der Waals surface area (Å²) in [7, 11) is 0. The molecule has 0 fully saturated rings. The Morgan fingerprint density at radius 2 is 1.88 bits per heavy atom. The molecule has 5 nitrogen and oxygen atoms in total. The molecule has 3 rings (SSSR count). The number of benzene rings is 1. The first-order chi connectivity index (χ1) is 12.5. The number of hydrogen-bond donors (Lipinski definition) is 0. The van der Waals surface area contributed by atoms with Crippen molar-refractivity contribution in [2.24, 2.45) is 0 Å². The minimum absolute atomic E-state index is 0.185. The molecule has 2 aromatic heterocycles. The lowest BCUT2D eigenvalue weighted by molar-refractivity contribution is 0.0478. The molecule has 7 heteroatoms. The number of halogens is 1. The molecule has 0 saturated carbocycles. The highest BCUT2D eigenvalue weighted by Gasteiger charge is 2.23. The molecule has 0 saturated heterocycles. The Balaban J connectivity index is 1.95. The maximum Gasteiger partial charge on any atom is 0.349 e. The molecule has 2 heterocycles. The first-order valence-electron chi connectivity index (χ1n) is 8.47. The average Bonchev–Trinajstić information content (AvgIpc) is 2.98. The van der Waals surface area contributed by atoms with Crippen LogP contribution in [0.4, 0.5) is 5.82 Å². The smallest absolute Gasteiger partial charge is 0.349 e. The summed E-state index contributed by atoms with van der Waals surface area (Å²) in [5.74, 6) is 0.414. The third kappa shape index (κ3) is 3.66. The molecule has 26 heavy (non-hydrogen) atoms. The van der Waals surface area contributed by atoms with Gasteiger partial charge < -0.3 is 9.64 Å². The lowest BCUT2D eigenvalue weighted by atomic mass is 10.2. The van der Waals surface area contributed by atoms with Gasteiger partial charge in [-0.2, -0.15) is 4.98 Å². The van der Waals surface area contributed by atoms with Crippen molar-refractivity contribution in [1.29, 1.82) is 0 Å². The summed E-state index contributed by atoms with van der Waals surface area (Å²) in [6, 6.07) is 9.62. The quantitative estimate of drug-likeness (QED) is 0.445. The molecular weight excluding hydrogens is 370 g/mol.